The lowest BCUT2D eigenvalue weighted by molar-refractivity contribution is 0.101. The topological polar surface area (TPSA) is 119 Å². The van der Waals surface area contributed by atoms with E-state index in [1.54, 1.807) is 42.5 Å². The highest BCUT2D eigenvalue weighted by atomic mass is 35.5. The highest BCUT2D eigenvalue weighted by molar-refractivity contribution is 6.30. The Morgan fingerprint density at radius 2 is 1.79 bits per heavy atom. The fourth-order valence-corrected chi connectivity index (χ4v) is 3.89. The Morgan fingerprint density at radius 3 is 2.50 bits per heavy atom. The molecule has 2 heterocycles. The van der Waals surface area contributed by atoms with E-state index < -0.39 is 11.8 Å². The number of halogens is 1. The van der Waals surface area contributed by atoms with Gasteiger partial charge in [-0.1, -0.05) is 37.6 Å². The van der Waals surface area contributed by atoms with E-state index in [2.05, 4.69) is 20.5 Å². The molecule has 1 aliphatic heterocycles. The van der Waals surface area contributed by atoms with Gasteiger partial charge in [-0.25, -0.2) is 4.98 Å². The summed E-state index contributed by atoms with van der Waals surface area (Å²) in [6, 6.07) is 15.5. The standard InChI is InChI=1S/C28H32ClN5O4/c1-28(2,17-30)18-38-24-15-20(34-11-13-37-14-12-34)8-9-22(24)27(36)32-23-6-4-3-5-21(23)26(35)33-25-10-7-19(29)16-31-25/h3-10,15-16H,11-14,17-18,30H2,1-2H3,(H,32,36)(H,31,33,35). The molecule has 10 heteroatoms. The van der Waals surface area contributed by atoms with Crippen LogP contribution in [-0.4, -0.2) is 56.3 Å². The van der Waals surface area contributed by atoms with E-state index in [0.29, 0.717) is 54.2 Å². The van der Waals surface area contributed by atoms with Crippen LogP contribution in [0.2, 0.25) is 5.02 Å². The quantitative estimate of drug-likeness (QED) is 0.369. The first-order chi connectivity index (χ1) is 18.3. The Kier molecular flexibility index (Phi) is 8.83. The largest absolute Gasteiger partial charge is 0.492 e. The van der Waals surface area contributed by atoms with Gasteiger partial charge in [-0.15, -0.1) is 0 Å². The lowest BCUT2D eigenvalue weighted by Gasteiger charge is -2.30. The van der Waals surface area contributed by atoms with E-state index in [1.807, 2.05) is 26.0 Å². The number of benzene rings is 2. The molecule has 0 radical (unpaired) electrons. The number of hydrogen-bond acceptors (Lipinski definition) is 7. The maximum Gasteiger partial charge on any atom is 0.259 e. The molecule has 1 aromatic heterocycles. The van der Waals surface area contributed by atoms with E-state index in [9.17, 15) is 9.59 Å². The van der Waals surface area contributed by atoms with Crippen LogP contribution in [0.15, 0.2) is 60.8 Å². The first-order valence-corrected chi connectivity index (χ1v) is 12.8. The monoisotopic (exact) mass is 537 g/mol. The van der Waals surface area contributed by atoms with E-state index in [4.69, 9.17) is 26.8 Å². The van der Waals surface area contributed by atoms with Gasteiger partial charge in [0.2, 0.25) is 0 Å². The fourth-order valence-electron chi connectivity index (χ4n) is 3.78. The predicted octanol–water partition coefficient (Wildman–Crippen LogP) is 4.44. The Bertz CT molecular complexity index is 1280. The Morgan fingerprint density at radius 1 is 1.05 bits per heavy atom. The van der Waals surface area contributed by atoms with Gasteiger partial charge in [0.1, 0.15) is 11.6 Å². The second kappa shape index (κ2) is 12.3. The summed E-state index contributed by atoms with van der Waals surface area (Å²) in [5, 5.41) is 6.06. The number of para-hydroxylation sites is 1. The molecule has 4 rings (SSSR count). The molecule has 3 aromatic rings. The van der Waals surface area contributed by atoms with Gasteiger partial charge in [-0.2, -0.15) is 0 Å². The molecule has 4 N–H and O–H groups in total. The van der Waals surface area contributed by atoms with Gasteiger partial charge >= 0.3 is 0 Å². The Labute approximate surface area is 227 Å². The highest BCUT2D eigenvalue weighted by Gasteiger charge is 2.22. The summed E-state index contributed by atoms with van der Waals surface area (Å²) in [7, 11) is 0. The second-order valence-electron chi connectivity index (χ2n) is 9.75. The molecule has 0 bridgehead atoms. The van der Waals surface area contributed by atoms with Crippen molar-refractivity contribution in [1.29, 1.82) is 0 Å². The van der Waals surface area contributed by atoms with Crippen LogP contribution in [0.3, 0.4) is 0 Å². The lowest BCUT2D eigenvalue weighted by atomic mass is 9.95. The fraction of sp³-hybridized carbons (Fsp3) is 0.321. The molecule has 200 valence electrons. The molecule has 0 unspecified atom stereocenters. The number of hydrogen-bond donors (Lipinski definition) is 3. The number of anilines is 3. The zero-order valence-electron chi connectivity index (χ0n) is 21.5. The minimum absolute atomic E-state index is 0.275. The number of carbonyl (C=O) groups excluding carboxylic acids is 2. The molecule has 0 aliphatic carbocycles. The summed E-state index contributed by atoms with van der Waals surface area (Å²) in [6.07, 6.45) is 1.44. The number of aromatic nitrogens is 1. The minimum atomic E-state index is -0.417. The first-order valence-electron chi connectivity index (χ1n) is 12.4. The predicted molar refractivity (Wildman–Crippen MR) is 149 cm³/mol. The Hall–Kier alpha value is -3.66. The zero-order chi connectivity index (χ0) is 27.1. The third kappa shape index (κ3) is 7.00. The minimum Gasteiger partial charge on any atom is -0.492 e. The summed E-state index contributed by atoms with van der Waals surface area (Å²) in [6.45, 7) is 7.57. The summed E-state index contributed by atoms with van der Waals surface area (Å²) in [5.41, 5.74) is 7.56. The maximum atomic E-state index is 13.5. The molecule has 0 atom stereocenters. The SMILES string of the molecule is CC(C)(CN)COc1cc(N2CCOCC2)ccc1C(=O)Nc1ccccc1C(=O)Nc1ccc(Cl)cn1. The lowest BCUT2D eigenvalue weighted by Crippen LogP contribution is -2.36. The van der Waals surface area contributed by atoms with Crippen molar-refractivity contribution in [2.45, 2.75) is 13.8 Å². The van der Waals surface area contributed by atoms with Crippen molar-refractivity contribution in [2.24, 2.45) is 11.1 Å². The number of nitrogens with one attached hydrogen (secondary N) is 2. The van der Waals surface area contributed by atoms with E-state index in [1.165, 1.54) is 6.20 Å². The van der Waals surface area contributed by atoms with Gasteiger partial charge < -0.3 is 30.7 Å². The molecule has 1 fully saturated rings. The van der Waals surface area contributed by atoms with Crippen molar-refractivity contribution in [3.05, 3.63) is 76.9 Å². The molecule has 2 aromatic carbocycles. The van der Waals surface area contributed by atoms with Gasteiger partial charge in [0, 0.05) is 43.0 Å². The van der Waals surface area contributed by atoms with E-state index >= 15 is 0 Å². The molecule has 2 amide bonds. The number of nitrogens with two attached hydrogens (primary N) is 1. The number of nitrogens with zero attached hydrogens (tertiary/aromatic N) is 2. The van der Waals surface area contributed by atoms with E-state index in [0.717, 1.165) is 18.8 Å². The second-order valence-corrected chi connectivity index (χ2v) is 10.2. The first kappa shape index (κ1) is 27.4. The van der Waals surface area contributed by atoms with Crippen molar-refractivity contribution in [3.8, 4) is 5.75 Å². The van der Waals surface area contributed by atoms with Crippen LogP contribution in [0.4, 0.5) is 17.2 Å². The van der Waals surface area contributed by atoms with Gasteiger partial charge in [0.25, 0.3) is 11.8 Å². The summed E-state index contributed by atoms with van der Waals surface area (Å²) in [5.74, 6) is -0.0266. The third-order valence-corrected chi connectivity index (χ3v) is 6.37. The number of morpholine rings is 1. The van der Waals surface area contributed by atoms with Gasteiger partial charge in [-0.3, -0.25) is 9.59 Å². The molecular weight excluding hydrogens is 506 g/mol. The summed E-state index contributed by atoms with van der Waals surface area (Å²) in [4.78, 5) is 32.8. The van der Waals surface area contributed by atoms with Crippen molar-refractivity contribution in [2.75, 3.05) is 55.0 Å². The molecule has 9 nitrogen and oxygen atoms in total. The van der Waals surface area contributed by atoms with Gasteiger partial charge in [-0.05, 0) is 36.4 Å². The van der Waals surface area contributed by atoms with Crippen molar-refractivity contribution in [3.63, 3.8) is 0 Å². The van der Waals surface area contributed by atoms with Crippen LogP contribution < -0.4 is 26.0 Å². The number of rotatable bonds is 9. The number of ether oxygens (including phenoxy) is 2. The number of amides is 2. The van der Waals surface area contributed by atoms with E-state index in [-0.39, 0.29) is 11.0 Å². The average Bonchev–Trinajstić information content (AvgIpc) is 2.93. The van der Waals surface area contributed by atoms with Crippen LogP contribution >= 0.6 is 11.6 Å². The average molecular weight is 538 g/mol. The summed E-state index contributed by atoms with van der Waals surface area (Å²) >= 11 is 5.88. The number of pyridine rings is 1. The Balaban J connectivity index is 1.57. The van der Waals surface area contributed by atoms with Crippen molar-refractivity contribution < 1.29 is 19.1 Å². The summed E-state index contributed by atoms with van der Waals surface area (Å²) < 4.78 is 11.6. The van der Waals surface area contributed by atoms with Gasteiger partial charge in [0.15, 0.2) is 0 Å². The maximum absolute atomic E-state index is 13.5. The third-order valence-electron chi connectivity index (χ3n) is 6.15. The van der Waals surface area contributed by atoms with Crippen molar-refractivity contribution >= 4 is 40.6 Å². The van der Waals surface area contributed by atoms with Crippen LogP contribution in [-0.2, 0) is 4.74 Å². The van der Waals surface area contributed by atoms with Crippen LogP contribution in [0.5, 0.6) is 5.75 Å². The molecule has 1 aliphatic rings. The normalized spacial score (nSPS) is 13.6. The molecule has 0 saturated carbocycles. The molecular formula is C28H32ClN5O4. The van der Waals surface area contributed by atoms with Crippen LogP contribution in [0.25, 0.3) is 0 Å². The zero-order valence-corrected chi connectivity index (χ0v) is 22.3. The van der Waals surface area contributed by atoms with Crippen molar-refractivity contribution in [1.82, 2.24) is 4.98 Å². The highest BCUT2D eigenvalue weighted by Crippen LogP contribution is 2.29. The van der Waals surface area contributed by atoms with Gasteiger partial charge in [0.05, 0.1) is 41.7 Å². The molecule has 1 saturated heterocycles. The van der Waals surface area contributed by atoms with Crippen LogP contribution in [0, 0.1) is 5.41 Å². The smallest absolute Gasteiger partial charge is 0.259 e. The molecule has 38 heavy (non-hydrogen) atoms. The van der Waals surface area contributed by atoms with Crippen LogP contribution in [0.1, 0.15) is 34.6 Å². The number of carbonyl (C=O) groups is 2. The molecule has 0 spiro atoms.